The van der Waals surface area contributed by atoms with Crippen LogP contribution in [-0.4, -0.2) is 4.98 Å². The molecule has 1 aromatic carbocycles. The summed E-state index contributed by atoms with van der Waals surface area (Å²) in [5.41, 5.74) is 0.754. The molecule has 2 heterocycles. The number of thiol groups is 1. The Hall–Kier alpha value is -2.05. The van der Waals surface area contributed by atoms with Crippen LogP contribution in [0, 0.1) is 11.3 Å². The van der Waals surface area contributed by atoms with Crippen LogP contribution in [0.4, 0.5) is 0 Å². The fraction of sp³-hybridized carbons (Fsp3) is 0. The summed E-state index contributed by atoms with van der Waals surface area (Å²) in [4.78, 5) is 5.50. The number of allylic oxidation sites excluding steroid dienone is 2. The highest BCUT2D eigenvalue weighted by Gasteiger charge is 2.11. The lowest BCUT2D eigenvalue weighted by Gasteiger charge is -2.12. The van der Waals surface area contributed by atoms with Gasteiger partial charge in [-0.3, -0.25) is 4.98 Å². The summed E-state index contributed by atoms with van der Waals surface area (Å²) in [6.45, 7) is 0. The number of nitriles is 1. The summed E-state index contributed by atoms with van der Waals surface area (Å²) in [5.74, 6) is 0. The van der Waals surface area contributed by atoms with Crippen molar-refractivity contribution in [1.82, 2.24) is 4.98 Å². The molecular formula is C14H10N2S. The van der Waals surface area contributed by atoms with Gasteiger partial charge in [-0.05, 0) is 22.3 Å². The zero-order valence-electron chi connectivity index (χ0n) is 9.04. The van der Waals surface area contributed by atoms with Gasteiger partial charge in [0.2, 0.25) is 0 Å². The Morgan fingerprint density at radius 1 is 1.18 bits per heavy atom. The highest BCUT2D eigenvalue weighted by molar-refractivity contribution is 8.22. The van der Waals surface area contributed by atoms with Crippen molar-refractivity contribution in [1.29, 1.82) is 5.26 Å². The summed E-state index contributed by atoms with van der Waals surface area (Å²) < 4.78 is 0. The zero-order valence-corrected chi connectivity index (χ0v) is 9.93. The second kappa shape index (κ2) is 4.08. The average Bonchev–Trinajstić information content (AvgIpc) is 2.87. The molecular weight excluding hydrogens is 228 g/mol. The van der Waals surface area contributed by atoms with Gasteiger partial charge in [-0.1, -0.05) is 24.3 Å². The lowest BCUT2D eigenvalue weighted by molar-refractivity contribution is 1.29. The number of hydrogen-bond acceptors (Lipinski definition) is 2. The molecule has 17 heavy (non-hydrogen) atoms. The highest BCUT2D eigenvalue weighted by atomic mass is 32.2. The van der Waals surface area contributed by atoms with Gasteiger partial charge in [0.15, 0.2) is 0 Å². The van der Waals surface area contributed by atoms with E-state index in [-0.39, 0.29) is 0 Å². The lowest BCUT2D eigenvalue weighted by Crippen LogP contribution is -1.82. The molecule has 2 aromatic rings. The van der Waals surface area contributed by atoms with Crippen molar-refractivity contribution in [3.63, 3.8) is 0 Å². The number of nitrogens with zero attached hydrogens (tertiary/aromatic N) is 2. The molecule has 82 valence electrons. The van der Waals surface area contributed by atoms with Crippen LogP contribution >= 0.6 is 10.9 Å². The highest BCUT2D eigenvalue weighted by Crippen LogP contribution is 2.46. The standard InChI is InChI=1S/C14H10N2S/c15-7-11-5-6-17(10-11)14-9-16-8-12-3-1-2-4-13(12)14/h1-6,8-10,17H. The molecule has 1 aliphatic rings. The van der Waals surface area contributed by atoms with Crippen LogP contribution in [0.1, 0.15) is 0 Å². The zero-order chi connectivity index (χ0) is 11.7. The number of hydrogen-bond donors (Lipinski definition) is 1. The summed E-state index contributed by atoms with van der Waals surface area (Å²) >= 11 is 0. The first kappa shape index (κ1) is 10.1. The molecule has 0 aliphatic carbocycles. The molecule has 1 aromatic heterocycles. The molecule has 1 unspecified atom stereocenters. The normalized spacial score (nSPS) is 20.2. The van der Waals surface area contributed by atoms with Gasteiger partial charge < -0.3 is 0 Å². The fourth-order valence-corrected chi connectivity index (χ4v) is 3.75. The van der Waals surface area contributed by atoms with Gasteiger partial charge in [0.25, 0.3) is 0 Å². The minimum atomic E-state index is -0.513. The van der Waals surface area contributed by atoms with E-state index in [2.05, 4.69) is 28.6 Å². The first-order valence-electron chi connectivity index (χ1n) is 5.30. The largest absolute Gasteiger partial charge is 0.263 e. The molecule has 3 heteroatoms. The molecule has 0 saturated carbocycles. The maximum Gasteiger partial charge on any atom is 0.0996 e. The van der Waals surface area contributed by atoms with E-state index >= 15 is 0 Å². The first-order valence-corrected chi connectivity index (χ1v) is 6.78. The van der Waals surface area contributed by atoms with Crippen LogP contribution < -0.4 is 0 Å². The SMILES string of the molecule is N#CC1=C[SH](c2cncc3ccccc23)C=C1. The molecule has 0 amide bonds. The molecule has 0 saturated heterocycles. The summed E-state index contributed by atoms with van der Waals surface area (Å²) in [5, 5.41) is 15.4. The third kappa shape index (κ3) is 1.73. The number of pyridine rings is 1. The van der Waals surface area contributed by atoms with Crippen molar-refractivity contribution in [3.8, 4) is 6.07 Å². The minimum Gasteiger partial charge on any atom is -0.263 e. The number of rotatable bonds is 1. The molecule has 1 aliphatic heterocycles. The van der Waals surface area contributed by atoms with Crippen molar-refractivity contribution in [2.45, 2.75) is 4.90 Å². The number of aromatic nitrogens is 1. The molecule has 0 spiro atoms. The van der Waals surface area contributed by atoms with Crippen molar-refractivity contribution < 1.29 is 0 Å². The van der Waals surface area contributed by atoms with Crippen LogP contribution in [-0.2, 0) is 0 Å². The molecule has 3 rings (SSSR count). The Labute approximate surface area is 102 Å². The van der Waals surface area contributed by atoms with E-state index in [0.717, 1.165) is 11.0 Å². The second-order valence-corrected chi connectivity index (χ2v) is 5.65. The van der Waals surface area contributed by atoms with E-state index in [4.69, 9.17) is 5.26 Å². The van der Waals surface area contributed by atoms with Crippen molar-refractivity contribution >= 4 is 21.7 Å². The topological polar surface area (TPSA) is 36.7 Å². The van der Waals surface area contributed by atoms with Gasteiger partial charge in [-0.25, -0.2) is 0 Å². The van der Waals surface area contributed by atoms with Crippen LogP contribution in [0.3, 0.4) is 0 Å². The maximum absolute atomic E-state index is 8.87. The monoisotopic (exact) mass is 238 g/mol. The summed E-state index contributed by atoms with van der Waals surface area (Å²) in [6.07, 6.45) is 5.69. The molecule has 2 nitrogen and oxygen atoms in total. The maximum atomic E-state index is 8.87. The van der Waals surface area contributed by atoms with E-state index in [0.29, 0.717) is 0 Å². The van der Waals surface area contributed by atoms with Crippen molar-refractivity contribution in [2.24, 2.45) is 0 Å². The summed E-state index contributed by atoms with van der Waals surface area (Å²) in [7, 11) is -0.513. The van der Waals surface area contributed by atoms with E-state index < -0.39 is 10.9 Å². The molecule has 0 bridgehead atoms. The lowest BCUT2D eigenvalue weighted by atomic mass is 10.2. The quantitative estimate of drug-likeness (QED) is 0.772. The first-order chi connectivity index (χ1) is 8.38. The number of fused-ring (bicyclic) bond motifs is 1. The second-order valence-electron chi connectivity index (χ2n) is 3.80. The number of benzene rings is 1. The Morgan fingerprint density at radius 2 is 2.06 bits per heavy atom. The van der Waals surface area contributed by atoms with Gasteiger partial charge in [-0.2, -0.15) is 16.2 Å². The van der Waals surface area contributed by atoms with E-state index in [1.54, 1.807) is 0 Å². The van der Waals surface area contributed by atoms with Crippen LogP contribution in [0.2, 0.25) is 0 Å². The Morgan fingerprint density at radius 3 is 2.88 bits per heavy atom. The smallest absolute Gasteiger partial charge is 0.0996 e. The predicted molar refractivity (Wildman–Crippen MR) is 71.8 cm³/mol. The van der Waals surface area contributed by atoms with Crippen molar-refractivity contribution in [2.75, 3.05) is 0 Å². The van der Waals surface area contributed by atoms with Crippen LogP contribution in [0.25, 0.3) is 10.8 Å². The van der Waals surface area contributed by atoms with E-state index in [1.807, 2.05) is 36.0 Å². The third-order valence-corrected chi connectivity index (χ3v) is 4.69. The molecule has 0 fully saturated rings. The summed E-state index contributed by atoms with van der Waals surface area (Å²) in [6, 6.07) is 10.4. The van der Waals surface area contributed by atoms with Gasteiger partial charge in [0.05, 0.1) is 11.6 Å². The van der Waals surface area contributed by atoms with Gasteiger partial charge in [0.1, 0.15) is 0 Å². The van der Waals surface area contributed by atoms with Gasteiger partial charge in [0, 0.05) is 22.7 Å². The minimum absolute atomic E-state index is 0.513. The van der Waals surface area contributed by atoms with Crippen molar-refractivity contribution in [3.05, 3.63) is 59.1 Å². The molecule has 0 radical (unpaired) electrons. The predicted octanol–water partition coefficient (Wildman–Crippen LogP) is 3.53. The fourth-order valence-electron chi connectivity index (χ4n) is 1.92. The van der Waals surface area contributed by atoms with Crippen LogP contribution in [0.15, 0.2) is 64.0 Å². The Kier molecular flexibility index (Phi) is 2.43. The average molecular weight is 238 g/mol. The third-order valence-electron chi connectivity index (χ3n) is 2.75. The van der Waals surface area contributed by atoms with Crippen LogP contribution in [0.5, 0.6) is 0 Å². The molecule has 1 atom stereocenters. The van der Waals surface area contributed by atoms with E-state index in [9.17, 15) is 0 Å². The Bertz CT molecular complexity index is 675. The van der Waals surface area contributed by atoms with Gasteiger partial charge >= 0.3 is 0 Å². The van der Waals surface area contributed by atoms with Gasteiger partial charge in [-0.15, -0.1) is 0 Å². The van der Waals surface area contributed by atoms with E-state index in [1.165, 1.54) is 10.3 Å². The Balaban J connectivity index is 2.17. The molecule has 0 N–H and O–H groups in total.